The van der Waals surface area contributed by atoms with Crippen LogP contribution in [0.5, 0.6) is 0 Å². The molecule has 5 nitrogen and oxygen atoms in total. The fraction of sp³-hybridized carbons (Fsp3) is 0.152. The minimum atomic E-state index is -1.02. The summed E-state index contributed by atoms with van der Waals surface area (Å²) in [5, 5.41) is 12.8. The van der Waals surface area contributed by atoms with Gasteiger partial charge in [0.2, 0.25) is 5.91 Å². The van der Waals surface area contributed by atoms with E-state index in [0.717, 1.165) is 51.0 Å². The summed E-state index contributed by atoms with van der Waals surface area (Å²) in [6.07, 6.45) is 0.726. The monoisotopic (exact) mass is 535 g/mol. The molecule has 0 spiro atoms. The average molecular weight is 536 g/mol. The van der Waals surface area contributed by atoms with Crippen molar-refractivity contribution in [3.8, 4) is 22.3 Å². The Bertz CT molecular complexity index is 1570. The van der Waals surface area contributed by atoms with Crippen LogP contribution in [-0.4, -0.2) is 28.8 Å². The fourth-order valence-corrected chi connectivity index (χ4v) is 5.66. The first-order chi connectivity index (χ1) is 19.0. The molecule has 1 atom stereocenters. The van der Waals surface area contributed by atoms with E-state index in [4.69, 9.17) is 4.42 Å². The molecule has 6 heteroatoms. The van der Waals surface area contributed by atoms with Crippen molar-refractivity contribution in [3.05, 3.63) is 120 Å². The lowest BCUT2D eigenvalue weighted by atomic mass is 9.96. The van der Waals surface area contributed by atoms with Gasteiger partial charge < -0.3 is 14.8 Å². The smallest absolute Gasteiger partial charge is 0.327 e. The summed E-state index contributed by atoms with van der Waals surface area (Å²) in [5.74, 6) is 0.576. The van der Waals surface area contributed by atoms with E-state index in [1.54, 1.807) is 0 Å². The van der Waals surface area contributed by atoms with Crippen molar-refractivity contribution in [2.45, 2.75) is 25.1 Å². The number of furan rings is 1. The topological polar surface area (TPSA) is 79.5 Å². The van der Waals surface area contributed by atoms with E-state index in [0.29, 0.717) is 11.5 Å². The predicted molar refractivity (Wildman–Crippen MR) is 158 cm³/mol. The SMILES string of the molecule is CC(=O)N[C@@H](CSCc1ccc(-c2ccc(-c3c(Cc4ccccc4)oc4ccccc34)cc2)cc1)C(=O)O. The molecular formula is C33H29NO4S. The lowest BCUT2D eigenvalue weighted by molar-refractivity contribution is -0.140. The number of rotatable bonds is 10. The zero-order valence-electron chi connectivity index (χ0n) is 21.6. The highest BCUT2D eigenvalue weighted by Crippen LogP contribution is 2.37. The Hall–Kier alpha value is -4.29. The molecule has 1 aromatic heterocycles. The molecule has 39 heavy (non-hydrogen) atoms. The second kappa shape index (κ2) is 12.0. The summed E-state index contributed by atoms with van der Waals surface area (Å²) in [5.41, 5.74) is 7.68. The third-order valence-electron chi connectivity index (χ3n) is 6.57. The quantitative estimate of drug-likeness (QED) is 0.198. The molecule has 0 aliphatic heterocycles. The molecule has 0 bridgehead atoms. The number of benzene rings is 4. The number of carbonyl (C=O) groups is 2. The van der Waals surface area contributed by atoms with Gasteiger partial charge in [-0.3, -0.25) is 4.79 Å². The Morgan fingerprint density at radius 3 is 2.08 bits per heavy atom. The number of hydrogen-bond acceptors (Lipinski definition) is 4. The van der Waals surface area contributed by atoms with E-state index < -0.39 is 12.0 Å². The molecule has 1 heterocycles. The molecule has 0 aliphatic carbocycles. The molecule has 0 aliphatic rings. The van der Waals surface area contributed by atoms with Crippen molar-refractivity contribution in [3.63, 3.8) is 0 Å². The van der Waals surface area contributed by atoms with Crippen LogP contribution in [-0.2, 0) is 21.8 Å². The minimum absolute atomic E-state index is 0.313. The number of aliphatic carboxylic acids is 1. The van der Waals surface area contributed by atoms with Crippen LogP contribution in [0.4, 0.5) is 0 Å². The van der Waals surface area contributed by atoms with E-state index >= 15 is 0 Å². The zero-order valence-corrected chi connectivity index (χ0v) is 22.4. The van der Waals surface area contributed by atoms with E-state index in [-0.39, 0.29) is 5.91 Å². The molecule has 4 aromatic carbocycles. The maximum absolute atomic E-state index is 11.3. The number of carbonyl (C=O) groups excluding carboxylic acids is 1. The lowest BCUT2D eigenvalue weighted by Gasteiger charge is -2.12. The van der Waals surface area contributed by atoms with E-state index in [2.05, 4.69) is 84.2 Å². The Morgan fingerprint density at radius 1 is 0.795 bits per heavy atom. The number of amides is 1. The molecule has 5 aromatic rings. The van der Waals surface area contributed by atoms with Gasteiger partial charge in [0, 0.05) is 35.8 Å². The van der Waals surface area contributed by atoms with Gasteiger partial charge in [0.25, 0.3) is 0 Å². The molecule has 1 amide bonds. The number of fused-ring (bicyclic) bond motifs is 1. The standard InChI is InChI=1S/C33H29NO4S/c1-22(35)34-29(33(36)37)21-39-20-24-11-13-25(14-12-24)26-15-17-27(18-16-26)32-28-9-5-6-10-30(28)38-31(32)19-23-7-3-2-4-8-23/h2-18,29H,19-21H2,1H3,(H,34,35)(H,36,37)/t29-/m0/s1. The third kappa shape index (κ3) is 6.41. The van der Waals surface area contributed by atoms with Crippen molar-refractivity contribution in [2.75, 3.05) is 5.75 Å². The van der Waals surface area contributed by atoms with Crippen molar-refractivity contribution in [2.24, 2.45) is 0 Å². The molecule has 0 saturated heterocycles. The minimum Gasteiger partial charge on any atom is -0.480 e. The summed E-state index contributed by atoms with van der Waals surface area (Å²) in [6, 6.07) is 34.5. The number of nitrogens with one attached hydrogen (secondary N) is 1. The van der Waals surface area contributed by atoms with Crippen LogP contribution in [0.2, 0.25) is 0 Å². The van der Waals surface area contributed by atoms with Gasteiger partial charge in [-0.25, -0.2) is 4.79 Å². The fourth-order valence-electron chi connectivity index (χ4n) is 4.66. The van der Waals surface area contributed by atoms with Crippen LogP contribution in [0.1, 0.15) is 23.8 Å². The predicted octanol–water partition coefficient (Wildman–Crippen LogP) is 7.18. The van der Waals surface area contributed by atoms with Gasteiger partial charge in [0.05, 0.1) is 0 Å². The van der Waals surface area contributed by atoms with Crippen molar-refractivity contribution < 1.29 is 19.1 Å². The highest BCUT2D eigenvalue weighted by Gasteiger charge is 2.18. The largest absolute Gasteiger partial charge is 0.480 e. The highest BCUT2D eigenvalue weighted by molar-refractivity contribution is 7.98. The second-order valence-corrected chi connectivity index (χ2v) is 10.5. The zero-order chi connectivity index (χ0) is 27.2. The molecule has 2 N–H and O–H groups in total. The molecular weight excluding hydrogens is 506 g/mol. The van der Waals surface area contributed by atoms with Crippen LogP contribution in [0, 0.1) is 0 Å². The molecule has 5 rings (SSSR count). The number of hydrogen-bond donors (Lipinski definition) is 2. The summed E-state index contributed by atoms with van der Waals surface area (Å²) < 4.78 is 6.31. The maximum atomic E-state index is 11.3. The van der Waals surface area contributed by atoms with Crippen LogP contribution in [0.15, 0.2) is 108 Å². The normalized spacial score (nSPS) is 11.8. The van der Waals surface area contributed by atoms with E-state index in [9.17, 15) is 14.7 Å². The van der Waals surface area contributed by atoms with Crippen LogP contribution < -0.4 is 5.32 Å². The Balaban J connectivity index is 1.31. The average Bonchev–Trinajstić information content (AvgIpc) is 3.31. The van der Waals surface area contributed by atoms with Gasteiger partial charge in [0.15, 0.2) is 0 Å². The summed E-state index contributed by atoms with van der Waals surface area (Å²) in [4.78, 5) is 22.5. The van der Waals surface area contributed by atoms with Crippen molar-refractivity contribution in [1.29, 1.82) is 0 Å². The lowest BCUT2D eigenvalue weighted by Crippen LogP contribution is -2.41. The first kappa shape index (κ1) is 26.3. The van der Waals surface area contributed by atoms with Gasteiger partial charge in [-0.2, -0.15) is 11.8 Å². The number of thioether (sulfide) groups is 1. The first-order valence-electron chi connectivity index (χ1n) is 12.8. The number of para-hydroxylation sites is 1. The summed E-state index contributed by atoms with van der Waals surface area (Å²) >= 11 is 1.49. The van der Waals surface area contributed by atoms with Gasteiger partial charge >= 0.3 is 5.97 Å². The molecule has 196 valence electrons. The third-order valence-corrected chi connectivity index (χ3v) is 7.67. The molecule has 0 saturated carbocycles. The van der Waals surface area contributed by atoms with Crippen LogP contribution >= 0.6 is 11.8 Å². The summed E-state index contributed by atoms with van der Waals surface area (Å²) in [6.45, 7) is 1.33. The van der Waals surface area contributed by atoms with E-state index in [1.807, 2.05) is 24.3 Å². The van der Waals surface area contributed by atoms with Crippen molar-refractivity contribution in [1.82, 2.24) is 5.32 Å². The Morgan fingerprint density at radius 2 is 1.41 bits per heavy atom. The number of carboxylic acids is 1. The van der Waals surface area contributed by atoms with Crippen LogP contribution in [0.3, 0.4) is 0 Å². The Kier molecular flexibility index (Phi) is 8.13. The highest BCUT2D eigenvalue weighted by atomic mass is 32.2. The van der Waals surface area contributed by atoms with Gasteiger partial charge in [-0.05, 0) is 33.9 Å². The summed E-state index contributed by atoms with van der Waals surface area (Å²) in [7, 11) is 0. The maximum Gasteiger partial charge on any atom is 0.327 e. The number of carboxylic acid groups (broad SMARTS) is 1. The second-order valence-electron chi connectivity index (χ2n) is 9.44. The Labute approximate surface area is 231 Å². The van der Waals surface area contributed by atoms with Crippen LogP contribution in [0.25, 0.3) is 33.2 Å². The van der Waals surface area contributed by atoms with Gasteiger partial charge in [-0.1, -0.05) is 97.1 Å². The van der Waals surface area contributed by atoms with Gasteiger partial charge in [-0.15, -0.1) is 0 Å². The van der Waals surface area contributed by atoms with E-state index in [1.165, 1.54) is 24.2 Å². The molecule has 0 unspecified atom stereocenters. The molecule has 0 radical (unpaired) electrons. The first-order valence-corrected chi connectivity index (χ1v) is 13.9. The molecule has 0 fully saturated rings. The van der Waals surface area contributed by atoms with Gasteiger partial charge in [0.1, 0.15) is 17.4 Å². The van der Waals surface area contributed by atoms with Crippen molar-refractivity contribution >= 4 is 34.6 Å².